The predicted octanol–water partition coefficient (Wildman–Crippen LogP) is 1.72. The molecule has 1 unspecified atom stereocenters. The molecule has 0 bridgehead atoms. The van der Waals surface area contributed by atoms with Gasteiger partial charge in [-0.1, -0.05) is 27.7 Å². The van der Waals surface area contributed by atoms with Crippen LogP contribution in [-0.4, -0.2) is 36.4 Å². The van der Waals surface area contributed by atoms with Gasteiger partial charge in [0.05, 0.1) is 12.1 Å². The van der Waals surface area contributed by atoms with E-state index >= 15 is 0 Å². The third-order valence-corrected chi connectivity index (χ3v) is 4.13. The first-order valence-electron chi connectivity index (χ1n) is 6.79. The van der Waals surface area contributed by atoms with Gasteiger partial charge in [0.15, 0.2) is 0 Å². The van der Waals surface area contributed by atoms with Crippen LogP contribution in [0.25, 0.3) is 0 Å². The summed E-state index contributed by atoms with van der Waals surface area (Å²) in [6.07, 6.45) is 1.89. The second-order valence-corrected chi connectivity index (χ2v) is 6.57. The van der Waals surface area contributed by atoms with Gasteiger partial charge in [-0.25, -0.2) is 0 Å². The van der Waals surface area contributed by atoms with E-state index in [1.165, 1.54) is 0 Å². The third kappa shape index (κ3) is 4.25. The Hall–Kier alpha value is -0.610. The molecule has 0 aromatic heterocycles. The zero-order chi connectivity index (χ0) is 13.8. The zero-order valence-corrected chi connectivity index (χ0v) is 12.1. The predicted molar refractivity (Wildman–Crippen MR) is 71.2 cm³/mol. The van der Waals surface area contributed by atoms with Gasteiger partial charge < -0.3 is 15.2 Å². The Morgan fingerprint density at radius 1 is 1.39 bits per heavy atom. The average molecular weight is 257 g/mol. The van der Waals surface area contributed by atoms with Gasteiger partial charge in [-0.3, -0.25) is 4.79 Å². The van der Waals surface area contributed by atoms with Crippen LogP contribution in [0.5, 0.6) is 0 Å². The second-order valence-electron chi connectivity index (χ2n) is 6.57. The Bertz CT molecular complexity index is 277. The molecule has 0 aliphatic carbocycles. The van der Waals surface area contributed by atoms with Crippen molar-refractivity contribution in [1.82, 2.24) is 5.32 Å². The number of aliphatic hydroxyl groups excluding tert-OH is 1. The van der Waals surface area contributed by atoms with Crippen molar-refractivity contribution < 1.29 is 14.6 Å². The van der Waals surface area contributed by atoms with Gasteiger partial charge in [-0.2, -0.15) is 0 Å². The molecule has 2 N–H and O–H groups in total. The van der Waals surface area contributed by atoms with Crippen LogP contribution in [0.2, 0.25) is 0 Å². The molecule has 1 aliphatic rings. The number of amides is 1. The molecule has 1 saturated heterocycles. The van der Waals surface area contributed by atoms with Crippen LogP contribution in [0.3, 0.4) is 0 Å². The van der Waals surface area contributed by atoms with Crippen LogP contribution < -0.4 is 5.32 Å². The minimum absolute atomic E-state index is 0.00794. The van der Waals surface area contributed by atoms with E-state index in [2.05, 4.69) is 33.0 Å². The van der Waals surface area contributed by atoms with Crippen LogP contribution in [-0.2, 0) is 9.53 Å². The minimum atomic E-state index is -0.465. The molecule has 1 aliphatic heterocycles. The number of nitrogens with one attached hydrogen (secondary N) is 1. The summed E-state index contributed by atoms with van der Waals surface area (Å²) in [4.78, 5) is 12.1. The topological polar surface area (TPSA) is 58.6 Å². The number of aliphatic hydroxyl groups is 1. The van der Waals surface area contributed by atoms with Gasteiger partial charge in [0.1, 0.15) is 0 Å². The van der Waals surface area contributed by atoms with E-state index in [1.807, 2.05) is 0 Å². The normalized spacial score (nSPS) is 21.4. The smallest absolute Gasteiger partial charge is 0.220 e. The lowest BCUT2D eigenvalue weighted by molar-refractivity contribution is -0.126. The standard InChI is InChI=1S/C14H27NO3/c1-11(13(2,3)4)9-12(17)15-14(10-16)5-7-18-8-6-14/h11,16H,5-10H2,1-4H3,(H,15,17). The molecule has 1 atom stereocenters. The van der Waals surface area contributed by atoms with Crippen molar-refractivity contribution >= 4 is 5.91 Å². The van der Waals surface area contributed by atoms with Gasteiger partial charge in [-0.05, 0) is 24.2 Å². The fourth-order valence-corrected chi connectivity index (χ4v) is 2.02. The van der Waals surface area contributed by atoms with E-state index in [4.69, 9.17) is 4.74 Å². The van der Waals surface area contributed by atoms with Crippen molar-refractivity contribution in [2.75, 3.05) is 19.8 Å². The molecule has 106 valence electrons. The zero-order valence-electron chi connectivity index (χ0n) is 12.1. The molecule has 4 nitrogen and oxygen atoms in total. The van der Waals surface area contributed by atoms with E-state index in [1.54, 1.807) is 0 Å². The van der Waals surface area contributed by atoms with E-state index in [0.29, 0.717) is 38.4 Å². The molecule has 0 aromatic rings. The van der Waals surface area contributed by atoms with E-state index < -0.39 is 5.54 Å². The van der Waals surface area contributed by atoms with E-state index in [0.717, 1.165) is 0 Å². The first-order valence-corrected chi connectivity index (χ1v) is 6.79. The van der Waals surface area contributed by atoms with Crippen LogP contribution in [0, 0.1) is 11.3 Å². The lowest BCUT2D eigenvalue weighted by atomic mass is 9.79. The minimum Gasteiger partial charge on any atom is -0.394 e. The number of carbonyl (C=O) groups excluding carboxylic acids is 1. The molecule has 1 amide bonds. The summed E-state index contributed by atoms with van der Waals surface area (Å²) in [5.41, 5.74) is -0.341. The van der Waals surface area contributed by atoms with Gasteiger partial charge in [0.25, 0.3) is 0 Å². The quantitative estimate of drug-likeness (QED) is 0.806. The molecule has 1 rings (SSSR count). The highest BCUT2D eigenvalue weighted by Gasteiger charge is 2.34. The SMILES string of the molecule is CC(CC(=O)NC1(CO)CCOCC1)C(C)(C)C. The van der Waals surface area contributed by atoms with Crippen LogP contribution in [0.1, 0.15) is 47.0 Å². The van der Waals surface area contributed by atoms with Crippen molar-refractivity contribution in [1.29, 1.82) is 0 Å². The molecule has 4 heteroatoms. The second kappa shape index (κ2) is 6.02. The Morgan fingerprint density at radius 2 is 1.94 bits per heavy atom. The lowest BCUT2D eigenvalue weighted by Gasteiger charge is -2.37. The fraction of sp³-hybridized carbons (Fsp3) is 0.929. The number of hydrogen-bond acceptors (Lipinski definition) is 3. The van der Waals surface area contributed by atoms with Gasteiger partial charge in [-0.15, -0.1) is 0 Å². The fourth-order valence-electron chi connectivity index (χ4n) is 2.02. The molecular formula is C14H27NO3. The van der Waals surface area contributed by atoms with E-state index in [9.17, 15) is 9.90 Å². The lowest BCUT2D eigenvalue weighted by Crippen LogP contribution is -2.55. The van der Waals surface area contributed by atoms with Gasteiger partial charge in [0, 0.05) is 19.6 Å². The average Bonchev–Trinajstić information content (AvgIpc) is 2.28. The highest BCUT2D eigenvalue weighted by molar-refractivity contribution is 5.77. The maximum Gasteiger partial charge on any atom is 0.220 e. The number of hydrogen-bond donors (Lipinski definition) is 2. The maximum absolute atomic E-state index is 12.1. The van der Waals surface area contributed by atoms with E-state index in [-0.39, 0.29) is 17.9 Å². The Balaban J connectivity index is 2.52. The molecule has 1 heterocycles. The van der Waals surface area contributed by atoms with Gasteiger partial charge >= 0.3 is 0 Å². The summed E-state index contributed by atoms with van der Waals surface area (Å²) in [5.74, 6) is 0.349. The maximum atomic E-state index is 12.1. The summed E-state index contributed by atoms with van der Waals surface area (Å²) in [6, 6.07) is 0. The third-order valence-electron chi connectivity index (χ3n) is 4.13. The number of rotatable bonds is 4. The van der Waals surface area contributed by atoms with Gasteiger partial charge in [0.2, 0.25) is 5.91 Å². The Kier molecular flexibility index (Phi) is 5.17. The first kappa shape index (κ1) is 15.4. The summed E-state index contributed by atoms with van der Waals surface area (Å²) < 4.78 is 5.28. The monoisotopic (exact) mass is 257 g/mol. The largest absolute Gasteiger partial charge is 0.394 e. The number of ether oxygens (including phenoxy) is 1. The molecule has 0 radical (unpaired) electrons. The molecule has 1 fully saturated rings. The highest BCUT2D eigenvalue weighted by atomic mass is 16.5. The summed E-state index contributed by atoms with van der Waals surface area (Å²) >= 11 is 0. The van der Waals surface area contributed by atoms with Crippen molar-refractivity contribution in [3.63, 3.8) is 0 Å². The number of carbonyl (C=O) groups is 1. The Morgan fingerprint density at radius 3 is 2.39 bits per heavy atom. The molecule has 18 heavy (non-hydrogen) atoms. The molecule has 0 saturated carbocycles. The summed E-state index contributed by atoms with van der Waals surface area (Å²) in [6.45, 7) is 9.72. The molecular weight excluding hydrogens is 230 g/mol. The van der Waals surface area contributed by atoms with Crippen LogP contribution in [0.15, 0.2) is 0 Å². The van der Waals surface area contributed by atoms with Crippen LogP contribution >= 0.6 is 0 Å². The first-order chi connectivity index (χ1) is 8.29. The van der Waals surface area contributed by atoms with Crippen molar-refractivity contribution in [3.05, 3.63) is 0 Å². The molecule has 0 spiro atoms. The molecule has 0 aromatic carbocycles. The van der Waals surface area contributed by atoms with Crippen molar-refractivity contribution in [3.8, 4) is 0 Å². The highest BCUT2D eigenvalue weighted by Crippen LogP contribution is 2.28. The van der Waals surface area contributed by atoms with Crippen molar-refractivity contribution in [2.24, 2.45) is 11.3 Å². The Labute approximate surface area is 110 Å². The van der Waals surface area contributed by atoms with Crippen LogP contribution in [0.4, 0.5) is 0 Å². The summed E-state index contributed by atoms with van der Waals surface area (Å²) in [5, 5.41) is 12.5. The summed E-state index contributed by atoms with van der Waals surface area (Å²) in [7, 11) is 0. The van der Waals surface area contributed by atoms with Crippen molar-refractivity contribution in [2.45, 2.75) is 52.5 Å².